The number of carbonyl (C=O) groups is 3. The van der Waals surface area contributed by atoms with Gasteiger partial charge in [0.25, 0.3) is 0 Å². The number of ether oxygens (including phenoxy) is 3. The van der Waals surface area contributed by atoms with E-state index in [1.165, 1.54) is 122 Å². The van der Waals surface area contributed by atoms with Gasteiger partial charge in [-0.2, -0.15) is 0 Å². The molecule has 1 atom stereocenters. The molecule has 0 saturated heterocycles. The molecule has 0 aromatic rings. The van der Waals surface area contributed by atoms with Crippen molar-refractivity contribution in [3.8, 4) is 0 Å². The number of hydrogen-bond acceptors (Lipinski definition) is 6. The van der Waals surface area contributed by atoms with Gasteiger partial charge in [-0.25, -0.2) is 0 Å². The second-order valence-corrected chi connectivity index (χ2v) is 20.5. The first-order valence-corrected chi connectivity index (χ1v) is 31.4. The maximum Gasteiger partial charge on any atom is 0.306 e. The van der Waals surface area contributed by atoms with E-state index >= 15 is 0 Å². The molecule has 0 radical (unpaired) electrons. The molecule has 428 valence electrons. The molecular formula is C69H116O6. The largest absolute Gasteiger partial charge is 0.462 e. The van der Waals surface area contributed by atoms with Crippen LogP contribution in [0.15, 0.2) is 109 Å². The highest BCUT2D eigenvalue weighted by atomic mass is 16.6. The average molecular weight is 1040 g/mol. The van der Waals surface area contributed by atoms with Crippen LogP contribution >= 0.6 is 0 Å². The van der Waals surface area contributed by atoms with Crippen molar-refractivity contribution in [1.82, 2.24) is 0 Å². The summed E-state index contributed by atoms with van der Waals surface area (Å²) < 4.78 is 16.9. The maximum atomic E-state index is 12.9. The van der Waals surface area contributed by atoms with Crippen molar-refractivity contribution in [2.75, 3.05) is 13.2 Å². The zero-order valence-electron chi connectivity index (χ0n) is 49.0. The number of esters is 3. The van der Waals surface area contributed by atoms with Crippen LogP contribution in [0, 0.1) is 0 Å². The van der Waals surface area contributed by atoms with Gasteiger partial charge in [-0.3, -0.25) is 14.4 Å². The van der Waals surface area contributed by atoms with Gasteiger partial charge in [0, 0.05) is 19.3 Å². The van der Waals surface area contributed by atoms with Crippen molar-refractivity contribution in [2.24, 2.45) is 0 Å². The smallest absolute Gasteiger partial charge is 0.306 e. The van der Waals surface area contributed by atoms with E-state index in [4.69, 9.17) is 14.2 Å². The average Bonchev–Trinajstić information content (AvgIpc) is 3.41. The summed E-state index contributed by atoms with van der Waals surface area (Å²) in [7, 11) is 0. The Kier molecular flexibility index (Phi) is 59.3. The van der Waals surface area contributed by atoms with Gasteiger partial charge in [-0.1, -0.05) is 259 Å². The molecule has 0 fully saturated rings. The van der Waals surface area contributed by atoms with Crippen LogP contribution in [0.2, 0.25) is 0 Å². The molecule has 0 heterocycles. The Labute approximate surface area is 463 Å². The predicted octanol–water partition coefficient (Wildman–Crippen LogP) is 21.4. The summed E-state index contributed by atoms with van der Waals surface area (Å²) in [5, 5.41) is 0. The summed E-state index contributed by atoms with van der Waals surface area (Å²) in [5.41, 5.74) is 0. The first-order valence-electron chi connectivity index (χ1n) is 31.4. The van der Waals surface area contributed by atoms with Gasteiger partial charge >= 0.3 is 17.9 Å². The van der Waals surface area contributed by atoms with Crippen LogP contribution < -0.4 is 0 Å². The number of allylic oxidation sites excluding steroid dienone is 18. The quantitative estimate of drug-likeness (QED) is 0.0261. The molecule has 0 aliphatic carbocycles. The lowest BCUT2D eigenvalue weighted by Crippen LogP contribution is -2.30. The minimum absolute atomic E-state index is 0.0931. The van der Waals surface area contributed by atoms with Crippen molar-refractivity contribution in [1.29, 1.82) is 0 Å². The van der Waals surface area contributed by atoms with E-state index in [1.54, 1.807) is 0 Å². The molecule has 6 nitrogen and oxygen atoms in total. The molecule has 0 spiro atoms. The summed E-state index contributed by atoms with van der Waals surface area (Å²) in [4.78, 5) is 38.3. The first kappa shape index (κ1) is 71.1. The van der Waals surface area contributed by atoms with Gasteiger partial charge in [-0.15, -0.1) is 0 Å². The Morgan fingerprint density at radius 3 is 0.813 bits per heavy atom. The fraction of sp³-hybridized carbons (Fsp3) is 0.696. The van der Waals surface area contributed by atoms with Crippen molar-refractivity contribution >= 4 is 17.9 Å². The highest BCUT2D eigenvalue weighted by Gasteiger charge is 2.19. The lowest BCUT2D eigenvalue weighted by Gasteiger charge is -2.18. The van der Waals surface area contributed by atoms with E-state index in [-0.39, 0.29) is 31.1 Å². The van der Waals surface area contributed by atoms with Crippen LogP contribution in [0.4, 0.5) is 0 Å². The van der Waals surface area contributed by atoms with E-state index in [0.717, 1.165) is 128 Å². The molecular weight excluding hydrogens is 925 g/mol. The van der Waals surface area contributed by atoms with Gasteiger partial charge in [0.15, 0.2) is 6.10 Å². The van der Waals surface area contributed by atoms with Gasteiger partial charge in [-0.05, 0) is 122 Å². The van der Waals surface area contributed by atoms with Crippen molar-refractivity contribution < 1.29 is 28.6 Å². The fourth-order valence-corrected chi connectivity index (χ4v) is 8.60. The number of rotatable bonds is 56. The second kappa shape index (κ2) is 62.6. The third-order valence-electron chi connectivity index (χ3n) is 13.2. The minimum atomic E-state index is -0.799. The summed E-state index contributed by atoms with van der Waals surface area (Å²) in [6.45, 7) is 6.39. The predicted molar refractivity (Wildman–Crippen MR) is 325 cm³/mol. The van der Waals surface area contributed by atoms with Crippen LogP contribution in [0.25, 0.3) is 0 Å². The monoisotopic (exact) mass is 1040 g/mol. The zero-order chi connectivity index (χ0) is 54.3. The lowest BCUT2D eigenvalue weighted by molar-refractivity contribution is -0.167. The van der Waals surface area contributed by atoms with Gasteiger partial charge < -0.3 is 14.2 Å². The highest BCUT2D eigenvalue weighted by Crippen LogP contribution is 2.15. The molecule has 0 aromatic heterocycles. The normalized spacial score (nSPS) is 12.8. The summed E-state index contributed by atoms with van der Waals surface area (Å²) in [6.07, 6.45) is 85.1. The standard InChI is InChI=1S/C69H116O6/c1-4-7-10-13-16-19-22-25-28-31-32-33-34-35-36-39-41-44-47-50-53-56-59-62-68(71)74-65-66(75-69(72)63-60-57-54-51-48-45-42-38-30-27-24-21-18-15-12-9-6-3)64-73-67(70)61-58-55-52-49-46-43-40-37-29-26-23-20-17-14-11-8-5-2/h8-9,11-12,17-18,20-22,25-27,29-32,42,45,66H,4-7,10,13-16,19,23-24,28,33-41,43-44,46-65H2,1-3H3/b11-8-,12-9-,20-17-,21-18-,25-22-,29-26-,30-27-,32-31-,45-42-. The molecule has 0 amide bonds. The Balaban J connectivity index is 4.41. The molecule has 0 bridgehead atoms. The lowest BCUT2D eigenvalue weighted by atomic mass is 10.0. The summed E-state index contributed by atoms with van der Waals surface area (Å²) in [5.74, 6) is -0.923. The van der Waals surface area contributed by atoms with Crippen LogP contribution in [0.5, 0.6) is 0 Å². The molecule has 0 aliphatic heterocycles. The number of carbonyl (C=O) groups excluding carboxylic acids is 3. The molecule has 0 rings (SSSR count). The number of hydrogen-bond donors (Lipinski definition) is 0. The van der Waals surface area contributed by atoms with E-state index in [0.29, 0.717) is 19.3 Å². The van der Waals surface area contributed by atoms with E-state index in [1.807, 2.05) is 0 Å². The Hall–Kier alpha value is -3.93. The highest BCUT2D eigenvalue weighted by molar-refractivity contribution is 5.71. The second-order valence-electron chi connectivity index (χ2n) is 20.5. The molecule has 1 unspecified atom stereocenters. The molecule has 0 aromatic carbocycles. The van der Waals surface area contributed by atoms with Crippen molar-refractivity contribution in [2.45, 2.75) is 297 Å². The van der Waals surface area contributed by atoms with Crippen LogP contribution in [-0.4, -0.2) is 37.2 Å². The van der Waals surface area contributed by atoms with E-state index < -0.39 is 6.10 Å². The SMILES string of the molecule is CC/C=C\C/C=C\C/C=C\C/C=C\CCCCCCC(=O)OC(COC(=O)CCCCCCCCC/C=C\C/C=C\C/C=C\CC)COC(=O)CCCCCCCCCCCCC/C=C\C/C=C\CCCCCCC. The summed E-state index contributed by atoms with van der Waals surface area (Å²) in [6, 6.07) is 0. The van der Waals surface area contributed by atoms with Crippen molar-refractivity contribution in [3.63, 3.8) is 0 Å². The van der Waals surface area contributed by atoms with Crippen LogP contribution in [0.1, 0.15) is 290 Å². The molecule has 75 heavy (non-hydrogen) atoms. The zero-order valence-corrected chi connectivity index (χ0v) is 49.0. The minimum Gasteiger partial charge on any atom is -0.462 e. The number of unbranched alkanes of at least 4 members (excludes halogenated alkanes) is 27. The van der Waals surface area contributed by atoms with Crippen LogP contribution in [0.3, 0.4) is 0 Å². The van der Waals surface area contributed by atoms with Gasteiger partial charge in [0.2, 0.25) is 0 Å². The maximum absolute atomic E-state index is 12.9. The molecule has 0 aliphatic rings. The van der Waals surface area contributed by atoms with E-state index in [2.05, 4.69) is 130 Å². The molecule has 0 saturated carbocycles. The third kappa shape index (κ3) is 60.8. The Morgan fingerprint density at radius 2 is 0.520 bits per heavy atom. The topological polar surface area (TPSA) is 78.9 Å². The third-order valence-corrected chi connectivity index (χ3v) is 13.2. The van der Waals surface area contributed by atoms with Gasteiger partial charge in [0.1, 0.15) is 13.2 Å². The van der Waals surface area contributed by atoms with Gasteiger partial charge in [0.05, 0.1) is 0 Å². The molecule has 6 heteroatoms. The first-order chi connectivity index (χ1) is 37.0. The fourth-order valence-electron chi connectivity index (χ4n) is 8.60. The van der Waals surface area contributed by atoms with E-state index in [9.17, 15) is 14.4 Å². The summed E-state index contributed by atoms with van der Waals surface area (Å²) >= 11 is 0. The Bertz CT molecular complexity index is 1520. The van der Waals surface area contributed by atoms with Crippen molar-refractivity contribution in [3.05, 3.63) is 109 Å². The van der Waals surface area contributed by atoms with Crippen LogP contribution in [-0.2, 0) is 28.6 Å². The molecule has 0 N–H and O–H groups in total. The Morgan fingerprint density at radius 1 is 0.280 bits per heavy atom.